The Morgan fingerprint density at radius 2 is 1.54 bits per heavy atom. The van der Waals surface area contributed by atoms with Gasteiger partial charge in [-0.1, -0.05) is 60.2 Å². The molecule has 0 amide bonds. The molecule has 1 unspecified atom stereocenters. The maximum absolute atomic E-state index is 12.7. The minimum absolute atomic E-state index is 0.294. The van der Waals surface area contributed by atoms with E-state index in [1.165, 1.54) is 11.3 Å². The van der Waals surface area contributed by atoms with Crippen LogP contribution >= 0.6 is 27.3 Å². The number of rotatable bonds is 5. The summed E-state index contributed by atoms with van der Waals surface area (Å²) < 4.78 is 29.4. The number of aryl methyl sites for hydroxylation is 1. The highest BCUT2D eigenvalue weighted by atomic mass is 79.9. The molecule has 0 spiro atoms. The van der Waals surface area contributed by atoms with E-state index < -0.39 is 16.1 Å². The Morgan fingerprint density at radius 3 is 2.12 bits per heavy atom. The van der Waals surface area contributed by atoms with E-state index in [-0.39, 0.29) is 0 Å². The molecule has 3 rings (SSSR count). The molecule has 0 aliphatic heterocycles. The molecule has 0 fully saturated rings. The highest BCUT2D eigenvalue weighted by Crippen LogP contribution is 2.29. The summed E-state index contributed by atoms with van der Waals surface area (Å²) in [6.07, 6.45) is 0. The lowest BCUT2D eigenvalue weighted by Crippen LogP contribution is -2.29. The Bertz CT molecular complexity index is 919. The topological polar surface area (TPSA) is 46.2 Å². The average Bonchev–Trinajstić information content (AvgIpc) is 3.02. The molecule has 3 nitrogen and oxygen atoms in total. The third-order valence-electron chi connectivity index (χ3n) is 3.63. The maximum Gasteiger partial charge on any atom is 0.250 e. The van der Waals surface area contributed by atoms with Gasteiger partial charge in [-0.2, -0.15) is 4.72 Å². The Balaban J connectivity index is 2.01. The van der Waals surface area contributed by atoms with Crippen LogP contribution in [0.25, 0.3) is 0 Å². The van der Waals surface area contributed by atoms with Crippen molar-refractivity contribution < 1.29 is 8.42 Å². The van der Waals surface area contributed by atoms with Gasteiger partial charge in [-0.05, 0) is 46.1 Å². The van der Waals surface area contributed by atoms with Gasteiger partial charge in [0.25, 0.3) is 10.0 Å². The molecule has 0 radical (unpaired) electrons. The summed E-state index contributed by atoms with van der Waals surface area (Å²) in [4.78, 5) is 0. The summed E-state index contributed by atoms with van der Waals surface area (Å²) in [7, 11) is -3.61. The third-order valence-corrected chi connectivity index (χ3v) is 7.17. The zero-order valence-electron chi connectivity index (χ0n) is 12.9. The monoisotopic (exact) mass is 421 g/mol. The van der Waals surface area contributed by atoms with E-state index in [2.05, 4.69) is 20.7 Å². The first-order chi connectivity index (χ1) is 11.5. The van der Waals surface area contributed by atoms with Crippen LogP contribution in [0.4, 0.5) is 0 Å². The van der Waals surface area contributed by atoms with Crippen molar-refractivity contribution in [3.63, 3.8) is 0 Å². The van der Waals surface area contributed by atoms with Gasteiger partial charge in [0, 0.05) is 0 Å². The molecule has 1 N–H and O–H groups in total. The second-order valence-electron chi connectivity index (χ2n) is 5.43. The third kappa shape index (κ3) is 3.95. The first-order valence-corrected chi connectivity index (χ1v) is 10.4. The minimum atomic E-state index is -3.61. The van der Waals surface area contributed by atoms with E-state index in [1.807, 2.05) is 61.5 Å². The van der Waals surface area contributed by atoms with E-state index >= 15 is 0 Å². The average molecular weight is 422 g/mol. The van der Waals surface area contributed by atoms with E-state index in [0.717, 1.165) is 20.5 Å². The van der Waals surface area contributed by atoms with Crippen LogP contribution in [0.3, 0.4) is 0 Å². The van der Waals surface area contributed by atoms with Crippen LogP contribution in [-0.2, 0) is 10.0 Å². The molecule has 124 valence electrons. The minimum Gasteiger partial charge on any atom is -0.206 e. The van der Waals surface area contributed by atoms with Gasteiger partial charge in [0.1, 0.15) is 4.21 Å². The van der Waals surface area contributed by atoms with Crippen molar-refractivity contribution in [1.29, 1.82) is 0 Å². The van der Waals surface area contributed by atoms with E-state index in [9.17, 15) is 8.42 Å². The Kier molecular flexibility index (Phi) is 5.20. The van der Waals surface area contributed by atoms with Crippen LogP contribution in [0.1, 0.15) is 22.7 Å². The van der Waals surface area contributed by atoms with Crippen LogP contribution in [0.5, 0.6) is 0 Å². The smallest absolute Gasteiger partial charge is 0.206 e. The molecule has 0 saturated carbocycles. The van der Waals surface area contributed by atoms with Crippen molar-refractivity contribution in [3.8, 4) is 0 Å². The Hall–Kier alpha value is -1.47. The fourth-order valence-corrected chi connectivity index (χ4v) is 5.63. The Morgan fingerprint density at radius 1 is 0.917 bits per heavy atom. The number of benzene rings is 2. The molecule has 1 heterocycles. The molecule has 1 aromatic heterocycles. The van der Waals surface area contributed by atoms with Gasteiger partial charge in [-0.15, -0.1) is 11.3 Å². The zero-order chi connectivity index (χ0) is 17.2. The van der Waals surface area contributed by atoms with Crippen LogP contribution < -0.4 is 4.72 Å². The van der Waals surface area contributed by atoms with Crippen molar-refractivity contribution in [2.45, 2.75) is 17.2 Å². The van der Waals surface area contributed by atoms with Gasteiger partial charge in [0.15, 0.2) is 0 Å². The normalized spacial score (nSPS) is 12.9. The van der Waals surface area contributed by atoms with Gasteiger partial charge >= 0.3 is 0 Å². The first kappa shape index (κ1) is 17.4. The molecule has 24 heavy (non-hydrogen) atoms. The van der Waals surface area contributed by atoms with E-state index in [0.29, 0.717) is 4.21 Å². The summed E-state index contributed by atoms with van der Waals surface area (Å²) in [5.41, 5.74) is 2.95. The van der Waals surface area contributed by atoms with Crippen LogP contribution in [0, 0.1) is 6.92 Å². The number of halogens is 1. The van der Waals surface area contributed by atoms with Gasteiger partial charge < -0.3 is 0 Å². The largest absolute Gasteiger partial charge is 0.250 e. The molecule has 0 saturated heterocycles. The highest BCUT2D eigenvalue weighted by molar-refractivity contribution is 9.11. The van der Waals surface area contributed by atoms with Crippen molar-refractivity contribution in [1.82, 2.24) is 4.72 Å². The Labute approximate surface area is 154 Å². The first-order valence-electron chi connectivity index (χ1n) is 7.35. The van der Waals surface area contributed by atoms with Crippen molar-refractivity contribution >= 4 is 37.3 Å². The predicted octanol–water partition coefficient (Wildman–Crippen LogP) is 4.89. The summed E-state index contributed by atoms with van der Waals surface area (Å²) in [6.45, 7) is 2.01. The van der Waals surface area contributed by atoms with Crippen molar-refractivity contribution in [2.75, 3.05) is 0 Å². The molecule has 0 bridgehead atoms. The lowest BCUT2D eigenvalue weighted by Gasteiger charge is -2.19. The van der Waals surface area contributed by atoms with Crippen LogP contribution in [-0.4, -0.2) is 8.42 Å². The van der Waals surface area contributed by atoms with Crippen LogP contribution in [0.2, 0.25) is 0 Å². The lowest BCUT2D eigenvalue weighted by atomic mass is 9.99. The molecule has 0 aliphatic carbocycles. The highest BCUT2D eigenvalue weighted by Gasteiger charge is 2.24. The molecule has 3 aromatic rings. The second-order valence-corrected chi connectivity index (χ2v) is 9.84. The lowest BCUT2D eigenvalue weighted by molar-refractivity contribution is 0.574. The summed E-state index contributed by atoms with van der Waals surface area (Å²) in [6, 6.07) is 20.4. The predicted molar refractivity (Wildman–Crippen MR) is 102 cm³/mol. The van der Waals surface area contributed by atoms with Gasteiger partial charge in [0.2, 0.25) is 0 Å². The molecular weight excluding hydrogens is 406 g/mol. The standard InChI is InChI=1S/C18H16BrNO2S2/c1-13-7-9-15(10-8-13)18(14-5-3-2-4-6-14)20-24(21,22)17-12-11-16(19)23-17/h2-12,18,20H,1H3. The fraction of sp³-hybridized carbons (Fsp3) is 0.111. The molecule has 0 aliphatic rings. The number of nitrogens with one attached hydrogen (secondary N) is 1. The van der Waals surface area contributed by atoms with E-state index in [4.69, 9.17) is 0 Å². The van der Waals surface area contributed by atoms with Gasteiger partial charge in [-0.3, -0.25) is 0 Å². The van der Waals surface area contributed by atoms with Gasteiger partial charge in [-0.25, -0.2) is 8.42 Å². The molecule has 1 atom stereocenters. The summed E-state index contributed by atoms with van der Waals surface area (Å²) in [5, 5.41) is 0. The summed E-state index contributed by atoms with van der Waals surface area (Å²) in [5.74, 6) is 0. The molecular formula is C18H16BrNO2S2. The van der Waals surface area contributed by atoms with Crippen LogP contribution in [0.15, 0.2) is 74.7 Å². The molecule has 6 heteroatoms. The SMILES string of the molecule is Cc1ccc(C(NS(=O)(=O)c2ccc(Br)s2)c2ccccc2)cc1. The summed E-state index contributed by atoms with van der Waals surface area (Å²) >= 11 is 4.51. The fourth-order valence-electron chi connectivity index (χ4n) is 2.39. The zero-order valence-corrected chi connectivity index (χ0v) is 16.2. The van der Waals surface area contributed by atoms with E-state index in [1.54, 1.807) is 12.1 Å². The molecule has 2 aromatic carbocycles. The number of sulfonamides is 1. The quantitative estimate of drug-likeness (QED) is 0.637. The van der Waals surface area contributed by atoms with Gasteiger partial charge in [0.05, 0.1) is 9.83 Å². The number of hydrogen-bond acceptors (Lipinski definition) is 3. The maximum atomic E-state index is 12.7. The number of thiophene rings is 1. The van der Waals surface area contributed by atoms with Crippen molar-refractivity contribution in [3.05, 3.63) is 87.2 Å². The van der Waals surface area contributed by atoms with Crippen molar-refractivity contribution in [2.24, 2.45) is 0 Å². The number of hydrogen-bond donors (Lipinski definition) is 1. The second kappa shape index (κ2) is 7.19.